The van der Waals surface area contributed by atoms with E-state index in [1.165, 1.54) is 4.31 Å². The largest absolute Gasteiger partial charge is 0.350 e. The van der Waals surface area contributed by atoms with Gasteiger partial charge in [0.25, 0.3) is 15.9 Å². The minimum atomic E-state index is -3.65. The Morgan fingerprint density at radius 1 is 1.23 bits per heavy atom. The Hall–Kier alpha value is -2.60. The lowest BCUT2D eigenvalue weighted by Gasteiger charge is -2.31. The fraction of sp³-hybridized carbons (Fsp3) is 0.250. The van der Waals surface area contributed by atoms with Gasteiger partial charge in [-0.25, -0.2) is 8.42 Å². The molecule has 1 aliphatic rings. The zero-order valence-electron chi connectivity index (χ0n) is 14.9. The fourth-order valence-corrected chi connectivity index (χ4v) is 4.66. The second kappa shape index (κ2) is 6.96. The van der Waals surface area contributed by atoms with Gasteiger partial charge >= 0.3 is 0 Å². The van der Waals surface area contributed by atoms with Crippen molar-refractivity contribution in [2.75, 3.05) is 10.8 Å². The standard InChI is InChI=1S/C20H22N2O3S/c1-4-12-22-18-11-10-15(20(23)21-14(3)5-2)13-17(18)16-8-6-7-9-19(16)26(22,24)25/h4,6-11,13-14H,1,5,12H2,2-3H3,(H,21,23). The normalized spacial score (nSPS) is 15.5. The lowest BCUT2D eigenvalue weighted by molar-refractivity contribution is 0.0939. The first-order valence-electron chi connectivity index (χ1n) is 8.58. The molecule has 2 aromatic carbocycles. The summed E-state index contributed by atoms with van der Waals surface area (Å²) in [5.74, 6) is -0.164. The molecule has 1 heterocycles. The van der Waals surface area contributed by atoms with Crippen molar-refractivity contribution in [1.82, 2.24) is 5.32 Å². The van der Waals surface area contributed by atoms with Crippen LogP contribution in [-0.2, 0) is 10.0 Å². The van der Waals surface area contributed by atoms with Gasteiger partial charge in [-0.15, -0.1) is 6.58 Å². The van der Waals surface area contributed by atoms with Gasteiger partial charge in [0, 0.05) is 22.7 Å². The third-order valence-corrected chi connectivity index (χ3v) is 6.40. The van der Waals surface area contributed by atoms with Crippen LogP contribution < -0.4 is 9.62 Å². The van der Waals surface area contributed by atoms with E-state index in [9.17, 15) is 13.2 Å². The number of sulfonamides is 1. The van der Waals surface area contributed by atoms with Crippen LogP contribution in [0.2, 0.25) is 0 Å². The Labute approximate surface area is 154 Å². The summed E-state index contributed by atoms with van der Waals surface area (Å²) in [7, 11) is -3.65. The predicted molar refractivity (Wildman–Crippen MR) is 104 cm³/mol. The molecule has 0 radical (unpaired) electrons. The molecular formula is C20H22N2O3S. The first kappa shape index (κ1) is 18.2. The Kier molecular flexibility index (Phi) is 4.87. The number of rotatable bonds is 5. The molecule has 0 saturated heterocycles. The van der Waals surface area contributed by atoms with E-state index in [4.69, 9.17) is 0 Å². The van der Waals surface area contributed by atoms with Gasteiger partial charge in [-0.2, -0.15) is 0 Å². The van der Waals surface area contributed by atoms with E-state index in [1.807, 2.05) is 13.8 Å². The minimum Gasteiger partial charge on any atom is -0.350 e. The van der Waals surface area contributed by atoms with Gasteiger partial charge in [-0.05, 0) is 37.6 Å². The highest BCUT2D eigenvalue weighted by Gasteiger charge is 2.34. The maximum atomic E-state index is 13.0. The van der Waals surface area contributed by atoms with Crippen molar-refractivity contribution < 1.29 is 13.2 Å². The highest BCUT2D eigenvalue weighted by atomic mass is 32.2. The van der Waals surface area contributed by atoms with E-state index in [0.29, 0.717) is 16.8 Å². The Morgan fingerprint density at radius 2 is 1.96 bits per heavy atom. The quantitative estimate of drug-likeness (QED) is 0.818. The molecule has 0 aromatic heterocycles. The predicted octanol–water partition coefficient (Wildman–Crippen LogP) is 3.58. The minimum absolute atomic E-state index is 0.0726. The lowest BCUT2D eigenvalue weighted by atomic mass is 9.99. The highest BCUT2D eigenvalue weighted by molar-refractivity contribution is 7.93. The Bertz CT molecular complexity index is 967. The van der Waals surface area contributed by atoms with Crippen LogP contribution in [-0.4, -0.2) is 26.9 Å². The van der Waals surface area contributed by atoms with E-state index < -0.39 is 10.0 Å². The number of hydrogen-bond donors (Lipinski definition) is 1. The van der Waals surface area contributed by atoms with Gasteiger partial charge in [0.15, 0.2) is 0 Å². The van der Waals surface area contributed by atoms with Gasteiger partial charge in [0.1, 0.15) is 0 Å². The summed E-state index contributed by atoms with van der Waals surface area (Å²) >= 11 is 0. The summed E-state index contributed by atoms with van der Waals surface area (Å²) in [6.07, 6.45) is 2.39. The molecular weight excluding hydrogens is 348 g/mol. The molecule has 5 nitrogen and oxygen atoms in total. The fourth-order valence-electron chi connectivity index (χ4n) is 3.00. The SMILES string of the molecule is C=CCN1c2ccc(C(=O)NC(C)CC)cc2-c2ccccc2S1(=O)=O. The first-order valence-corrected chi connectivity index (χ1v) is 10.0. The number of anilines is 1. The van der Waals surface area contributed by atoms with Crippen molar-refractivity contribution in [3.05, 3.63) is 60.7 Å². The first-order chi connectivity index (χ1) is 12.4. The Morgan fingerprint density at radius 3 is 2.65 bits per heavy atom. The van der Waals surface area contributed by atoms with E-state index in [-0.39, 0.29) is 23.4 Å². The highest BCUT2D eigenvalue weighted by Crippen LogP contribution is 2.43. The molecule has 6 heteroatoms. The van der Waals surface area contributed by atoms with Crippen molar-refractivity contribution in [3.8, 4) is 11.1 Å². The molecule has 1 unspecified atom stereocenters. The van der Waals surface area contributed by atoms with Gasteiger partial charge in [-0.3, -0.25) is 9.10 Å². The number of nitrogens with one attached hydrogen (secondary N) is 1. The average Bonchev–Trinajstić information content (AvgIpc) is 2.64. The van der Waals surface area contributed by atoms with E-state index in [2.05, 4.69) is 11.9 Å². The van der Waals surface area contributed by atoms with Crippen molar-refractivity contribution in [2.45, 2.75) is 31.2 Å². The molecule has 0 fully saturated rings. The van der Waals surface area contributed by atoms with Crippen LogP contribution in [0.3, 0.4) is 0 Å². The number of amides is 1. The van der Waals surface area contributed by atoms with Crippen LogP contribution in [0.15, 0.2) is 60.0 Å². The number of benzene rings is 2. The van der Waals surface area contributed by atoms with Gasteiger partial charge in [0.2, 0.25) is 0 Å². The molecule has 1 aliphatic heterocycles. The molecule has 0 saturated carbocycles. The van der Waals surface area contributed by atoms with E-state index in [1.54, 1.807) is 48.5 Å². The second-order valence-electron chi connectivity index (χ2n) is 6.34. The van der Waals surface area contributed by atoms with Crippen LogP contribution >= 0.6 is 0 Å². The monoisotopic (exact) mass is 370 g/mol. The summed E-state index contributed by atoms with van der Waals surface area (Å²) in [6, 6.07) is 12.1. The number of hydrogen-bond acceptors (Lipinski definition) is 3. The summed E-state index contributed by atoms with van der Waals surface area (Å²) in [5.41, 5.74) is 2.41. The third kappa shape index (κ3) is 3.01. The number of carbonyl (C=O) groups excluding carboxylic acids is 1. The summed E-state index contributed by atoms with van der Waals surface area (Å²) in [5, 5.41) is 2.94. The summed E-state index contributed by atoms with van der Waals surface area (Å²) in [6.45, 7) is 7.79. The van der Waals surface area contributed by atoms with Crippen LogP contribution in [0.5, 0.6) is 0 Å². The summed E-state index contributed by atoms with van der Waals surface area (Å²) < 4.78 is 27.2. The molecule has 1 amide bonds. The van der Waals surface area contributed by atoms with Crippen molar-refractivity contribution in [3.63, 3.8) is 0 Å². The number of nitrogens with zero attached hydrogens (tertiary/aromatic N) is 1. The lowest BCUT2D eigenvalue weighted by Crippen LogP contribution is -2.35. The van der Waals surface area contributed by atoms with Gasteiger partial charge in [0.05, 0.1) is 17.1 Å². The average molecular weight is 370 g/mol. The van der Waals surface area contributed by atoms with Gasteiger partial charge < -0.3 is 5.32 Å². The van der Waals surface area contributed by atoms with Crippen LogP contribution in [0, 0.1) is 0 Å². The molecule has 136 valence electrons. The second-order valence-corrected chi connectivity index (χ2v) is 8.17. The van der Waals surface area contributed by atoms with Crippen molar-refractivity contribution >= 4 is 21.6 Å². The molecule has 1 atom stereocenters. The summed E-state index contributed by atoms with van der Waals surface area (Å²) in [4.78, 5) is 12.7. The Balaban J connectivity index is 2.16. The molecule has 1 N–H and O–H groups in total. The zero-order chi connectivity index (χ0) is 18.9. The van der Waals surface area contributed by atoms with Gasteiger partial charge in [-0.1, -0.05) is 31.2 Å². The molecule has 0 bridgehead atoms. The zero-order valence-corrected chi connectivity index (χ0v) is 15.7. The molecule has 0 spiro atoms. The topological polar surface area (TPSA) is 66.5 Å². The molecule has 2 aromatic rings. The maximum Gasteiger partial charge on any atom is 0.265 e. The van der Waals surface area contributed by atoms with Crippen LogP contribution in [0.4, 0.5) is 5.69 Å². The maximum absolute atomic E-state index is 13.0. The molecule has 0 aliphatic carbocycles. The number of carbonyl (C=O) groups is 1. The van der Waals surface area contributed by atoms with Crippen molar-refractivity contribution in [1.29, 1.82) is 0 Å². The van der Waals surface area contributed by atoms with Crippen LogP contribution in [0.1, 0.15) is 30.6 Å². The third-order valence-electron chi connectivity index (χ3n) is 4.56. The van der Waals surface area contributed by atoms with Crippen LogP contribution in [0.25, 0.3) is 11.1 Å². The van der Waals surface area contributed by atoms with Crippen molar-refractivity contribution in [2.24, 2.45) is 0 Å². The smallest absolute Gasteiger partial charge is 0.265 e. The van der Waals surface area contributed by atoms with E-state index >= 15 is 0 Å². The van der Waals surface area contributed by atoms with E-state index in [0.717, 1.165) is 12.0 Å². The molecule has 3 rings (SSSR count). The molecule has 26 heavy (non-hydrogen) atoms. The number of fused-ring (bicyclic) bond motifs is 3.